The summed E-state index contributed by atoms with van der Waals surface area (Å²) in [5.41, 5.74) is 3.95. The van der Waals surface area contributed by atoms with Gasteiger partial charge in [0, 0.05) is 16.3 Å². The van der Waals surface area contributed by atoms with Crippen LogP contribution >= 0.6 is 23.8 Å². The van der Waals surface area contributed by atoms with Crippen LogP contribution in [0.1, 0.15) is 15.9 Å². The van der Waals surface area contributed by atoms with Crippen LogP contribution in [-0.2, 0) is 0 Å². The maximum atomic E-state index is 13.1. The molecule has 4 rings (SSSR count). The third-order valence-corrected chi connectivity index (χ3v) is 4.82. The van der Waals surface area contributed by atoms with Crippen molar-refractivity contribution in [3.05, 3.63) is 82.6 Å². The highest BCUT2D eigenvalue weighted by Crippen LogP contribution is 2.22. The molecule has 0 unspecified atom stereocenters. The number of rotatable bonds is 3. The number of hydrogen-bond acceptors (Lipinski definition) is 4. The molecule has 9 heteroatoms. The molecule has 2 N–H and O–H groups in total. The minimum absolute atomic E-state index is 0.156. The van der Waals surface area contributed by atoms with Crippen molar-refractivity contribution in [1.82, 2.24) is 20.3 Å². The second kappa shape index (κ2) is 8.17. The van der Waals surface area contributed by atoms with E-state index >= 15 is 0 Å². The lowest BCUT2D eigenvalue weighted by Gasteiger charge is -2.11. The molecule has 6 nitrogen and oxygen atoms in total. The number of nitrogens with one attached hydrogen (secondary N) is 2. The van der Waals surface area contributed by atoms with Crippen LogP contribution < -0.4 is 10.6 Å². The number of carbonyl (C=O) groups excluding carboxylic acids is 1. The Morgan fingerprint density at radius 3 is 2.33 bits per heavy atom. The van der Waals surface area contributed by atoms with E-state index in [-0.39, 0.29) is 16.8 Å². The van der Waals surface area contributed by atoms with Gasteiger partial charge in [0.1, 0.15) is 16.9 Å². The first-order valence-corrected chi connectivity index (χ1v) is 9.69. The molecule has 0 aliphatic rings. The van der Waals surface area contributed by atoms with E-state index in [2.05, 4.69) is 20.8 Å². The van der Waals surface area contributed by atoms with E-state index < -0.39 is 0 Å². The Balaban J connectivity index is 1.52. The number of aryl methyl sites for hydroxylation is 1. The summed E-state index contributed by atoms with van der Waals surface area (Å²) in [4.78, 5) is 13.7. The van der Waals surface area contributed by atoms with Crippen LogP contribution in [0.5, 0.6) is 0 Å². The van der Waals surface area contributed by atoms with Crippen LogP contribution in [0.2, 0.25) is 5.02 Å². The molecular formula is C21H15ClFN5OS. The number of aromatic nitrogens is 3. The van der Waals surface area contributed by atoms with E-state index in [0.717, 1.165) is 5.56 Å². The Labute approximate surface area is 181 Å². The normalized spacial score (nSPS) is 10.8. The highest BCUT2D eigenvalue weighted by Gasteiger charge is 2.12. The van der Waals surface area contributed by atoms with Gasteiger partial charge in [-0.25, -0.2) is 4.39 Å². The Hall–Kier alpha value is -3.36. The first kappa shape index (κ1) is 19.9. The molecule has 0 aliphatic carbocycles. The van der Waals surface area contributed by atoms with Crippen LogP contribution in [0, 0.1) is 12.7 Å². The average molecular weight is 440 g/mol. The number of amides is 1. The zero-order valence-electron chi connectivity index (χ0n) is 15.7. The van der Waals surface area contributed by atoms with Gasteiger partial charge in [-0.15, -0.1) is 10.2 Å². The van der Waals surface area contributed by atoms with Crippen molar-refractivity contribution in [2.75, 3.05) is 5.32 Å². The third kappa shape index (κ3) is 4.29. The van der Waals surface area contributed by atoms with E-state index in [1.54, 1.807) is 42.5 Å². The zero-order valence-corrected chi connectivity index (χ0v) is 17.3. The predicted octanol–water partition coefficient (Wildman–Crippen LogP) is 4.65. The van der Waals surface area contributed by atoms with E-state index in [1.807, 2.05) is 13.0 Å². The summed E-state index contributed by atoms with van der Waals surface area (Å²) in [5.74, 6) is -0.669. The van der Waals surface area contributed by atoms with Crippen molar-refractivity contribution in [1.29, 1.82) is 0 Å². The van der Waals surface area contributed by atoms with Crippen LogP contribution in [0.3, 0.4) is 0 Å². The van der Waals surface area contributed by atoms with Gasteiger partial charge in [-0.05, 0) is 85.4 Å². The monoisotopic (exact) mass is 439 g/mol. The summed E-state index contributed by atoms with van der Waals surface area (Å²) < 4.78 is 13.1. The molecule has 1 heterocycles. The van der Waals surface area contributed by atoms with E-state index in [4.69, 9.17) is 23.8 Å². The quantitative estimate of drug-likeness (QED) is 0.455. The van der Waals surface area contributed by atoms with Crippen molar-refractivity contribution >= 4 is 51.6 Å². The van der Waals surface area contributed by atoms with Crippen molar-refractivity contribution in [3.8, 4) is 5.69 Å². The van der Waals surface area contributed by atoms with Crippen molar-refractivity contribution < 1.29 is 9.18 Å². The van der Waals surface area contributed by atoms with Gasteiger partial charge < -0.3 is 5.32 Å². The Morgan fingerprint density at radius 1 is 1.03 bits per heavy atom. The summed E-state index contributed by atoms with van der Waals surface area (Å²) in [6, 6.07) is 16.0. The van der Waals surface area contributed by atoms with E-state index in [1.165, 1.54) is 16.9 Å². The lowest BCUT2D eigenvalue weighted by Crippen LogP contribution is -2.34. The molecule has 1 amide bonds. The molecule has 0 atom stereocenters. The number of nitrogens with zero attached hydrogens (tertiary/aromatic N) is 3. The molecule has 0 saturated carbocycles. The topological polar surface area (TPSA) is 71.8 Å². The van der Waals surface area contributed by atoms with Gasteiger partial charge in [0.15, 0.2) is 5.11 Å². The van der Waals surface area contributed by atoms with Gasteiger partial charge in [-0.1, -0.05) is 11.6 Å². The molecule has 4 aromatic rings. The molecule has 1 aromatic heterocycles. The standard InChI is InChI=1S/C21H15ClFN5OS/c1-12-10-18-19(27-28(26-18)16-8-6-15(23)7-9-16)11-17(12)24-21(30)25-20(29)13-2-4-14(22)5-3-13/h2-11H,1H3,(H2,24,25,29,30). The first-order chi connectivity index (χ1) is 14.4. The Kier molecular flexibility index (Phi) is 5.43. The smallest absolute Gasteiger partial charge is 0.257 e. The lowest BCUT2D eigenvalue weighted by atomic mass is 10.2. The molecule has 0 radical (unpaired) electrons. The Bertz CT molecular complexity index is 1260. The van der Waals surface area contributed by atoms with Crippen molar-refractivity contribution in [3.63, 3.8) is 0 Å². The van der Waals surface area contributed by atoms with Gasteiger partial charge >= 0.3 is 0 Å². The minimum atomic E-state index is -0.342. The first-order valence-electron chi connectivity index (χ1n) is 8.90. The second-order valence-electron chi connectivity index (χ2n) is 6.54. The fourth-order valence-corrected chi connectivity index (χ4v) is 3.15. The number of fused-ring (bicyclic) bond motifs is 1. The number of hydrogen-bond donors (Lipinski definition) is 2. The fourth-order valence-electron chi connectivity index (χ4n) is 2.82. The van der Waals surface area contributed by atoms with Crippen LogP contribution in [0.4, 0.5) is 10.1 Å². The highest BCUT2D eigenvalue weighted by atomic mass is 35.5. The van der Waals surface area contributed by atoms with Crippen molar-refractivity contribution in [2.24, 2.45) is 0 Å². The molecule has 150 valence electrons. The van der Waals surface area contributed by atoms with Crippen LogP contribution in [-0.4, -0.2) is 26.0 Å². The number of thiocarbonyl (C=S) groups is 1. The zero-order chi connectivity index (χ0) is 21.3. The molecule has 0 saturated heterocycles. The predicted molar refractivity (Wildman–Crippen MR) is 119 cm³/mol. The van der Waals surface area contributed by atoms with Crippen LogP contribution in [0.15, 0.2) is 60.7 Å². The summed E-state index contributed by atoms with van der Waals surface area (Å²) in [7, 11) is 0. The van der Waals surface area contributed by atoms with E-state index in [0.29, 0.717) is 33.0 Å². The average Bonchev–Trinajstić information content (AvgIpc) is 3.11. The number of benzene rings is 3. The van der Waals surface area contributed by atoms with Crippen molar-refractivity contribution in [2.45, 2.75) is 6.92 Å². The minimum Gasteiger partial charge on any atom is -0.332 e. The van der Waals surface area contributed by atoms with Gasteiger partial charge in [0.05, 0.1) is 5.69 Å². The lowest BCUT2D eigenvalue weighted by molar-refractivity contribution is 0.0977. The highest BCUT2D eigenvalue weighted by molar-refractivity contribution is 7.80. The van der Waals surface area contributed by atoms with Gasteiger partial charge in [0.2, 0.25) is 0 Å². The van der Waals surface area contributed by atoms with E-state index in [9.17, 15) is 9.18 Å². The Morgan fingerprint density at radius 2 is 1.67 bits per heavy atom. The molecule has 0 aliphatic heterocycles. The fraction of sp³-hybridized carbons (Fsp3) is 0.0476. The van der Waals surface area contributed by atoms with Crippen LogP contribution in [0.25, 0.3) is 16.7 Å². The third-order valence-electron chi connectivity index (χ3n) is 4.37. The largest absolute Gasteiger partial charge is 0.332 e. The van der Waals surface area contributed by atoms with Gasteiger partial charge in [-0.3, -0.25) is 10.1 Å². The number of anilines is 1. The molecular weight excluding hydrogens is 425 g/mol. The molecule has 0 bridgehead atoms. The molecule has 3 aromatic carbocycles. The molecule has 0 fully saturated rings. The maximum absolute atomic E-state index is 13.1. The van der Waals surface area contributed by atoms with Gasteiger partial charge in [0.25, 0.3) is 5.91 Å². The molecule has 0 spiro atoms. The number of carbonyl (C=O) groups is 1. The maximum Gasteiger partial charge on any atom is 0.257 e. The summed E-state index contributed by atoms with van der Waals surface area (Å²) in [5, 5.41) is 15.2. The summed E-state index contributed by atoms with van der Waals surface area (Å²) >= 11 is 11.1. The number of halogens is 2. The summed E-state index contributed by atoms with van der Waals surface area (Å²) in [6.07, 6.45) is 0. The molecule has 30 heavy (non-hydrogen) atoms. The summed E-state index contributed by atoms with van der Waals surface area (Å²) in [6.45, 7) is 1.89. The van der Waals surface area contributed by atoms with Gasteiger partial charge in [-0.2, -0.15) is 4.80 Å². The SMILES string of the molecule is Cc1cc2nn(-c3ccc(F)cc3)nc2cc1NC(=S)NC(=O)c1ccc(Cl)cc1. The second-order valence-corrected chi connectivity index (χ2v) is 7.38.